The smallest absolute Gasteiger partial charge is 0.225 e. The minimum atomic E-state index is -0.844. The fourth-order valence-electron chi connectivity index (χ4n) is 5.01. The minimum Gasteiger partial charge on any atom is -0.489 e. The van der Waals surface area contributed by atoms with Gasteiger partial charge in [0.2, 0.25) is 5.91 Å². The highest BCUT2D eigenvalue weighted by atomic mass is 35.5. The number of amides is 1. The Labute approximate surface area is 206 Å². The number of ether oxygens (including phenoxy) is 1. The second kappa shape index (κ2) is 10.5. The fraction of sp³-hybridized carbons (Fsp3) is 0.519. The number of nitrogens with one attached hydrogen (secondary N) is 1. The number of para-hydroxylation sites is 1. The van der Waals surface area contributed by atoms with Crippen LogP contribution in [-0.4, -0.2) is 60.8 Å². The molecule has 0 spiro atoms. The first kappa shape index (κ1) is 23.5. The first-order valence-electron chi connectivity index (χ1n) is 12.5. The number of aliphatic hydroxyl groups is 1. The van der Waals surface area contributed by atoms with Gasteiger partial charge in [-0.3, -0.25) is 4.79 Å². The molecule has 2 aromatic carbocycles. The first-order chi connectivity index (χ1) is 16.6. The van der Waals surface area contributed by atoms with Gasteiger partial charge in [0.15, 0.2) is 0 Å². The van der Waals surface area contributed by atoms with E-state index in [1.54, 1.807) is 6.07 Å². The summed E-state index contributed by atoms with van der Waals surface area (Å²) in [6.07, 6.45) is 4.67. The fourth-order valence-corrected chi connectivity index (χ4v) is 5.24. The highest BCUT2D eigenvalue weighted by molar-refractivity contribution is 6.32. The van der Waals surface area contributed by atoms with Gasteiger partial charge in [-0.1, -0.05) is 35.9 Å². The van der Waals surface area contributed by atoms with E-state index in [1.165, 1.54) is 0 Å². The van der Waals surface area contributed by atoms with Crippen molar-refractivity contribution in [3.8, 4) is 5.75 Å². The van der Waals surface area contributed by atoms with Crippen molar-refractivity contribution in [2.24, 2.45) is 5.92 Å². The molecule has 2 aromatic rings. The zero-order valence-corrected chi connectivity index (χ0v) is 20.3. The number of aliphatic hydroxyl groups excluding tert-OH is 1. The summed E-state index contributed by atoms with van der Waals surface area (Å²) in [5, 5.41) is 15.0. The van der Waals surface area contributed by atoms with Gasteiger partial charge in [0.05, 0.1) is 23.1 Å². The lowest BCUT2D eigenvalue weighted by atomic mass is 10.00. The van der Waals surface area contributed by atoms with E-state index in [2.05, 4.69) is 27.2 Å². The Morgan fingerprint density at radius 2 is 1.85 bits per heavy atom. The van der Waals surface area contributed by atoms with Crippen molar-refractivity contribution < 1.29 is 14.6 Å². The number of nitrogens with zero attached hydrogens (tertiary/aromatic N) is 2. The highest BCUT2D eigenvalue weighted by Crippen LogP contribution is 2.34. The van der Waals surface area contributed by atoms with Crippen LogP contribution in [0.5, 0.6) is 5.75 Å². The van der Waals surface area contributed by atoms with Gasteiger partial charge in [0.1, 0.15) is 11.9 Å². The molecule has 1 unspecified atom stereocenters. The predicted molar refractivity (Wildman–Crippen MR) is 134 cm³/mol. The van der Waals surface area contributed by atoms with E-state index in [0.29, 0.717) is 29.4 Å². The summed E-state index contributed by atoms with van der Waals surface area (Å²) in [7, 11) is 0. The van der Waals surface area contributed by atoms with Crippen LogP contribution in [0.3, 0.4) is 0 Å². The minimum absolute atomic E-state index is 0.0152. The van der Waals surface area contributed by atoms with Gasteiger partial charge in [-0.15, -0.1) is 0 Å². The number of likely N-dealkylation sites (tertiary alicyclic amines) is 1. The van der Waals surface area contributed by atoms with Crippen molar-refractivity contribution in [3.05, 3.63) is 59.1 Å². The molecule has 182 valence electrons. The van der Waals surface area contributed by atoms with E-state index in [1.807, 2.05) is 30.3 Å². The maximum absolute atomic E-state index is 13.3. The van der Waals surface area contributed by atoms with Gasteiger partial charge in [0.25, 0.3) is 0 Å². The van der Waals surface area contributed by atoms with Gasteiger partial charge in [-0.05, 0) is 75.0 Å². The van der Waals surface area contributed by atoms with Crippen LogP contribution in [0.1, 0.15) is 43.8 Å². The van der Waals surface area contributed by atoms with Gasteiger partial charge in [0, 0.05) is 25.3 Å². The van der Waals surface area contributed by atoms with E-state index in [9.17, 15) is 9.90 Å². The number of benzene rings is 2. The van der Waals surface area contributed by atoms with Crippen molar-refractivity contribution in [3.63, 3.8) is 0 Å². The van der Waals surface area contributed by atoms with Crippen molar-refractivity contribution in [1.29, 1.82) is 0 Å². The highest BCUT2D eigenvalue weighted by Gasteiger charge is 2.33. The molecule has 6 nitrogen and oxygen atoms in total. The quantitative estimate of drug-likeness (QED) is 0.564. The molecule has 34 heavy (non-hydrogen) atoms. The van der Waals surface area contributed by atoms with Crippen LogP contribution in [0.4, 0.5) is 5.69 Å². The van der Waals surface area contributed by atoms with Crippen LogP contribution in [0.15, 0.2) is 48.5 Å². The third-order valence-corrected chi connectivity index (χ3v) is 7.45. The number of carbonyl (C=O) groups excluding carboxylic acids is 1. The van der Waals surface area contributed by atoms with Gasteiger partial charge >= 0.3 is 0 Å². The lowest BCUT2D eigenvalue weighted by Crippen LogP contribution is -2.48. The average molecular weight is 484 g/mol. The van der Waals surface area contributed by atoms with E-state index < -0.39 is 12.1 Å². The zero-order chi connectivity index (χ0) is 23.5. The molecule has 3 fully saturated rings. The molecular formula is C27H34ClN3O3. The van der Waals surface area contributed by atoms with Gasteiger partial charge in [-0.2, -0.15) is 0 Å². The Balaban J connectivity index is 1.26. The number of halogens is 1. The molecule has 1 amide bonds. The molecule has 1 aliphatic carbocycles. The third kappa shape index (κ3) is 5.68. The first-order valence-corrected chi connectivity index (χ1v) is 12.9. The van der Waals surface area contributed by atoms with Crippen LogP contribution >= 0.6 is 11.6 Å². The second-order valence-corrected chi connectivity index (χ2v) is 10.2. The summed E-state index contributed by atoms with van der Waals surface area (Å²) >= 11 is 6.46. The zero-order valence-electron chi connectivity index (χ0n) is 19.5. The summed E-state index contributed by atoms with van der Waals surface area (Å²) in [6, 6.07) is 15.3. The lowest BCUT2D eigenvalue weighted by molar-refractivity contribution is -0.126. The molecule has 7 heteroatoms. The van der Waals surface area contributed by atoms with Gasteiger partial charge < -0.3 is 25.0 Å². The summed E-state index contributed by atoms with van der Waals surface area (Å²) in [5.41, 5.74) is 1.85. The molecule has 0 radical (unpaired) electrons. The Kier molecular flexibility index (Phi) is 7.28. The van der Waals surface area contributed by atoms with Gasteiger partial charge in [-0.25, -0.2) is 0 Å². The number of rotatable bonds is 9. The van der Waals surface area contributed by atoms with Crippen LogP contribution in [0.2, 0.25) is 5.02 Å². The van der Waals surface area contributed by atoms with E-state index in [4.69, 9.17) is 16.3 Å². The summed E-state index contributed by atoms with van der Waals surface area (Å²) in [4.78, 5) is 17.9. The molecule has 2 saturated heterocycles. The molecule has 5 rings (SSSR count). The maximum Gasteiger partial charge on any atom is 0.225 e. The SMILES string of the molecule is O=C(N[C@H](CN1CCCC1)[C@H](O)c1ccc(OC2CC2)c(Cl)c1)C1CCN(c2ccccc2)C1. The monoisotopic (exact) mass is 483 g/mol. The standard InChI is InChI=1S/C27H34ClN3O3/c28-23-16-19(8-11-25(23)34-22-9-10-22)26(32)24(18-30-13-4-5-14-30)29-27(33)20-12-15-31(17-20)21-6-2-1-3-7-21/h1-3,6-8,11,16,20,22,24,26,32H,4-5,9-10,12-15,17-18H2,(H,29,33)/t20?,24-,26-/m1/s1. The number of hydrogen-bond donors (Lipinski definition) is 2. The second-order valence-electron chi connectivity index (χ2n) is 9.84. The third-order valence-electron chi connectivity index (χ3n) is 7.16. The predicted octanol–water partition coefficient (Wildman–Crippen LogP) is 4.02. The van der Waals surface area contributed by atoms with Crippen LogP contribution in [0, 0.1) is 5.92 Å². The maximum atomic E-state index is 13.3. The summed E-state index contributed by atoms with van der Waals surface area (Å²) in [6.45, 7) is 4.18. The molecule has 3 aliphatic rings. The van der Waals surface area contributed by atoms with Crippen molar-refractivity contribution in [2.75, 3.05) is 37.6 Å². The molecule has 2 N–H and O–H groups in total. The summed E-state index contributed by atoms with van der Waals surface area (Å²) < 4.78 is 5.84. The van der Waals surface area contributed by atoms with Crippen LogP contribution in [0.25, 0.3) is 0 Å². The number of carbonyl (C=O) groups is 1. The molecule has 2 heterocycles. The molecule has 1 saturated carbocycles. The Bertz CT molecular complexity index is 978. The Morgan fingerprint density at radius 1 is 1.09 bits per heavy atom. The van der Waals surface area contributed by atoms with Crippen molar-refractivity contribution in [2.45, 2.75) is 50.4 Å². The van der Waals surface area contributed by atoms with E-state index in [0.717, 1.165) is 57.4 Å². The summed E-state index contributed by atoms with van der Waals surface area (Å²) in [5.74, 6) is 0.583. The van der Waals surface area contributed by atoms with Crippen LogP contribution in [-0.2, 0) is 4.79 Å². The molecule has 2 aliphatic heterocycles. The van der Waals surface area contributed by atoms with E-state index in [-0.39, 0.29) is 17.9 Å². The average Bonchev–Trinajstić information content (AvgIpc) is 3.30. The van der Waals surface area contributed by atoms with Crippen molar-refractivity contribution in [1.82, 2.24) is 10.2 Å². The Hall–Kier alpha value is -2.28. The number of hydrogen-bond acceptors (Lipinski definition) is 5. The molecule has 0 bridgehead atoms. The topological polar surface area (TPSA) is 65.0 Å². The molecule has 3 atom stereocenters. The van der Waals surface area contributed by atoms with Crippen LogP contribution < -0.4 is 15.0 Å². The van der Waals surface area contributed by atoms with Crippen molar-refractivity contribution >= 4 is 23.2 Å². The molecular weight excluding hydrogens is 450 g/mol. The molecule has 0 aromatic heterocycles. The largest absolute Gasteiger partial charge is 0.489 e. The Morgan fingerprint density at radius 3 is 2.56 bits per heavy atom. The van der Waals surface area contributed by atoms with E-state index >= 15 is 0 Å². The number of anilines is 1. The normalized spacial score (nSPS) is 22.5. The lowest BCUT2D eigenvalue weighted by Gasteiger charge is -2.30.